The van der Waals surface area contributed by atoms with Crippen LogP contribution in [0.1, 0.15) is 76.8 Å². The molecule has 4 aliphatic carbocycles. The Hall–Kier alpha value is -1.26. The summed E-state index contributed by atoms with van der Waals surface area (Å²) < 4.78 is 23.9. The molecule has 0 amide bonds. The summed E-state index contributed by atoms with van der Waals surface area (Å²) in [5.74, 6) is 4.63. The van der Waals surface area contributed by atoms with Gasteiger partial charge in [-0.25, -0.2) is 0 Å². The van der Waals surface area contributed by atoms with Crippen molar-refractivity contribution in [3.63, 3.8) is 0 Å². The Bertz CT molecular complexity index is 801. The lowest BCUT2D eigenvalue weighted by Crippen LogP contribution is -2.49. The molecule has 6 aliphatic rings. The average molecular weight is 427 g/mol. The van der Waals surface area contributed by atoms with Gasteiger partial charge in [-0.2, -0.15) is 0 Å². The van der Waals surface area contributed by atoms with E-state index in [0.717, 1.165) is 48.9 Å². The van der Waals surface area contributed by atoms with Gasteiger partial charge in [0.1, 0.15) is 25.4 Å². The lowest BCUT2D eigenvalue weighted by molar-refractivity contribution is -0.00750. The van der Waals surface area contributed by atoms with Crippen LogP contribution in [-0.2, 0) is 20.3 Å². The number of ether oxygens (including phenoxy) is 4. The third-order valence-electron chi connectivity index (χ3n) is 8.95. The first kappa shape index (κ1) is 20.4. The molecule has 2 heterocycles. The van der Waals surface area contributed by atoms with Crippen molar-refractivity contribution in [1.82, 2.24) is 0 Å². The Morgan fingerprint density at radius 2 is 1.45 bits per heavy atom. The maximum Gasteiger partial charge on any atom is 0.165 e. The van der Waals surface area contributed by atoms with Crippen LogP contribution in [0.25, 0.3) is 0 Å². The molecule has 4 bridgehead atoms. The molecule has 0 radical (unpaired) electrons. The molecule has 31 heavy (non-hydrogen) atoms. The summed E-state index contributed by atoms with van der Waals surface area (Å²) >= 11 is 0. The summed E-state index contributed by atoms with van der Waals surface area (Å²) in [5.41, 5.74) is 3.35. The van der Waals surface area contributed by atoms with E-state index in [4.69, 9.17) is 18.9 Å². The molecule has 2 unspecified atom stereocenters. The van der Waals surface area contributed by atoms with E-state index in [-0.39, 0.29) is 23.0 Å². The SMILES string of the molecule is CCC(C)(C)c1ccc(OCC2CO2)c(OCC2CO2)c1C12CC3CC(CC(C3)C1)C2. The van der Waals surface area contributed by atoms with Gasteiger partial charge in [-0.1, -0.05) is 26.8 Å². The lowest BCUT2D eigenvalue weighted by Gasteiger charge is -2.58. The first-order valence-electron chi connectivity index (χ1n) is 12.6. The van der Waals surface area contributed by atoms with E-state index in [2.05, 4.69) is 32.9 Å². The monoisotopic (exact) mass is 426 g/mol. The summed E-state index contributed by atoms with van der Waals surface area (Å²) in [6.07, 6.45) is 9.95. The zero-order valence-corrected chi connectivity index (χ0v) is 19.5. The fourth-order valence-electron chi connectivity index (χ4n) is 7.21. The largest absolute Gasteiger partial charge is 0.487 e. The van der Waals surface area contributed by atoms with Gasteiger partial charge in [-0.05, 0) is 79.7 Å². The Morgan fingerprint density at radius 1 is 0.903 bits per heavy atom. The summed E-state index contributed by atoms with van der Waals surface area (Å²) in [6, 6.07) is 4.53. The molecular weight excluding hydrogens is 388 g/mol. The van der Waals surface area contributed by atoms with Crippen LogP contribution in [-0.4, -0.2) is 38.6 Å². The summed E-state index contributed by atoms with van der Waals surface area (Å²) in [7, 11) is 0. The predicted molar refractivity (Wildman–Crippen MR) is 120 cm³/mol. The van der Waals surface area contributed by atoms with Gasteiger partial charge < -0.3 is 18.9 Å². The number of epoxide rings is 2. The van der Waals surface area contributed by atoms with Gasteiger partial charge in [0, 0.05) is 11.0 Å². The number of benzene rings is 1. The van der Waals surface area contributed by atoms with Crippen LogP contribution < -0.4 is 9.47 Å². The molecule has 170 valence electrons. The molecule has 6 fully saturated rings. The van der Waals surface area contributed by atoms with E-state index in [1.807, 2.05) is 0 Å². The van der Waals surface area contributed by atoms with Gasteiger partial charge >= 0.3 is 0 Å². The van der Waals surface area contributed by atoms with Crippen molar-refractivity contribution in [1.29, 1.82) is 0 Å². The van der Waals surface area contributed by atoms with Crippen LogP contribution in [0, 0.1) is 17.8 Å². The highest BCUT2D eigenvalue weighted by atomic mass is 16.6. The van der Waals surface area contributed by atoms with Crippen molar-refractivity contribution in [2.75, 3.05) is 26.4 Å². The zero-order valence-electron chi connectivity index (χ0n) is 19.5. The topological polar surface area (TPSA) is 43.5 Å². The zero-order chi connectivity index (χ0) is 21.2. The third-order valence-corrected chi connectivity index (χ3v) is 8.95. The number of rotatable bonds is 9. The van der Waals surface area contributed by atoms with E-state index >= 15 is 0 Å². The molecule has 4 saturated carbocycles. The quantitative estimate of drug-likeness (QED) is 0.496. The Morgan fingerprint density at radius 3 is 1.97 bits per heavy atom. The minimum atomic E-state index is 0.116. The van der Waals surface area contributed by atoms with E-state index < -0.39 is 0 Å². The van der Waals surface area contributed by atoms with Gasteiger partial charge in [0.2, 0.25) is 0 Å². The molecule has 1 aromatic carbocycles. The first-order chi connectivity index (χ1) is 15.0. The second-order valence-corrected chi connectivity index (χ2v) is 11.8. The van der Waals surface area contributed by atoms with E-state index in [9.17, 15) is 0 Å². The second kappa shape index (κ2) is 7.38. The fraction of sp³-hybridized carbons (Fsp3) is 0.778. The Balaban J connectivity index is 1.47. The van der Waals surface area contributed by atoms with Gasteiger partial charge in [-0.15, -0.1) is 0 Å². The molecule has 7 rings (SSSR count). The highest BCUT2D eigenvalue weighted by Gasteiger charge is 2.54. The van der Waals surface area contributed by atoms with E-state index in [1.165, 1.54) is 49.7 Å². The number of hydrogen-bond donors (Lipinski definition) is 0. The molecule has 0 aromatic heterocycles. The maximum absolute atomic E-state index is 6.62. The van der Waals surface area contributed by atoms with Gasteiger partial charge in [-0.3, -0.25) is 0 Å². The number of hydrogen-bond acceptors (Lipinski definition) is 4. The van der Waals surface area contributed by atoms with Crippen LogP contribution in [0.3, 0.4) is 0 Å². The van der Waals surface area contributed by atoms with E-state index in [0.29, 0.717) is 13.2 Å². The van der Waals surface area contributed by atoms with Crippen molar-refractivity contribution in [3.8, 4) is 11.5 Å². The molecule has 0 spiro atoms. The molecule has 4 nitrogen and oxygen atoms in total. The minimum absolute atomic E-state index is 0.116. The molecule has 2 saturated heterocycles. The molecular formula is C27H38O4. The van der Waals surface area contributed by atoms with Crippen LogP contribution in [0.15, 0.2) is 12.1 Å². The Labute approximate surface area is 187 Å². The predicted octanol–water partition coefficient (Wildman–Crippen LogP) is 5.40. The smallest absolute Gasteiger partial charge is 0.165 e. The lowest BCUT2D eigenvalue weighted by atomic mass is 9.47. The first-order valence-corrected chi connectivity index (χ1v) is 12.6. The molecule has 2 atom stereocenters. The Kier molecular flexibility index (Phi) is 4.85. The van der Waals surface area contributed by atoms with Crippen LogP contribution in [0.4, 0.5) is 0 Å². The van der Waals surface area contributed by atoms with Crippen LogP contribution in [0.2, 0.25) is 0 Å². The fourth-order valence-corrected chi connectivity index (χ4v) is 7.21. The van der Waals surface area contributed by atoms with Crippen LogP contribution in [0.5, 0.6) is 11.5 Å². The van der Waals surface area contributed by atoms with Gasteiger partial charge in [0.05, 0.1) is 13.2 Å². The molecule has 2 aliphatic heterocycles. The van der Waals surface area contributed by atoms with E-state index in [1.54, 1.807) is 0 Å². The minimum Gasteiger partial charge on any atom is -0.487 e. The third kappa shape index (κ3) is 3.78. The van der Waals surface area contributed by atoms with Gasteiger partial charge in [0.15, 0.2) is 11.5 Å². The molecule has 4 heteroatoms. The standard InChI is InChI=1S/C27H38O4/c1-4-26(2,3)22-5-6-23(30-15-20-13-28-20)25(31-16-21-14-29-21)24(22)27-10-17-7-18(11-27)9-19(8-17)12-27/h5-6,17-21H,4,7-16H2,1-3H3. The molecule has 0 N–H and O–H groups in total. The van der Waals surface area contributed by atoms with Crippen molar-refractivity contribution in [2.24, 2.45) is 17.8 Å². The van der Waals surface area contributed by atoms with Crippen LogP contribution >= 0.6 is 0 Å². The summed E-state index contributed by atoms with van der Waals surface area (Å²) in [6.45, 7) is 10.0. The molecule has 1 aromatic rings. The normalized spacial score (nSPS) is 37.7. The van der Waals surface area contributed by atoms with Crippen molar-refractivity contribution < 1.29 is 18.9 Å². The van der Waals surface area contributed by atoms with Gasteiger partial charge in [0.25, 0.3) is 0 Å². The average Bonchev–Trinajstić information content (AvgIpc) is 3.64. The highest BCUT2D eigenvalue weighted by Crippen LogP contribution is 2.64. The summed E-state index contributed by atoms with van der Waals surface area (Å²) in [4.78, 5) is 0. The second-order valence-electron chi connectivity index (χ2n) is 11.8. The highest BCUT2D eigenvalue weighted by molar-refractivity contribution is 5.57. The van der Waals surface area contributed by atoms with Crippen molar-refractivity contribution in [2.45, 2.75) is 88.8 Å². The van der Waals surface area contributed by atoms with Crippen molar-refractivity contribution in [3.05, 3.63) is 23.3 Å². The summed E-state index contributed by atoms with van der Waals surface area (Å²) in [5, 5.41) is 0. The van der Waals surface area contributed by atoms with Crippen molar-refractivity contribution >= 4 is 0 Å². The maximum atomic E-state index is 6.62.